The minimum absolute atomic E-state index is 0. The van der Waals surface area contributed by atoms with Gasteiger partial charge in [0.2, 0.25) is 0 Å². The molecule has 12 amide bonds. The lowest BCUT2D eigenvalue weighted by Crippen LogP contribution is -2.56. The molecular weight excluding hydrogens is 2000 g/mol. The number of hydrogen-bond acceptors (Lipinski definition) is 20. The third-order valence-corrected chi connectivity index (χ3v) is 28.9. The minimum Gasteiger partial charge on any atom is -0.341 e. The molecule has 0 saturated heterocycles. The number of hydrogen-bond donors (Lipinski definition) is 3. The second-order valence-corrected chi connectivity index (χ2v) is 40.2. The number of likely N-dealkylation sites (N-methyl/N-ethyl adjacent to an activating group) is 1. The maximum atomic E-state index is 14.0. The number of halogens is 12. The van der Waals surface area contributed by atoms with E-state index in [1.165, 1.54) is 110 Å². The molecule has 8 aromatic rings. The zero-order chi connectivity index (χ0) is 105. The van der Waals surface area contributed by atoms with Crippen LogP contribution in [0.2, 0.25) is 0 Å². The summed E-state index contributed by atoms with van der Waals surface area (Å²) in [5, 5.41) is 44.4. The molecular formula is C102H96F12N14O16S3. The van der Waals surface area contributed by atoms with Crippen molar-refractivity contribution in [2.24, 2.45) is 0 Å². The predicted molar refractivity (Wildman–Crippen MR) is 513 cm³/mol. The highest BCUT2D eigenvalue weighted by Gasteiger charge is 2.53. The lowest BCUT2D eigenvalue weighted by molar-refractivity contribution is -0.138. The monoisotopic (exact) mass is 2100 g/mol. The Morgan fingerprint density at radius 2 is 0.701 bits per heavy atom. The summed E-state index contributed by atoms with van der Waals surface area (Å²) in [5.74, 6) is -1.71. The number of amides is 12. The number of carbonyl (C=O) groups excluding carboxylic acids is 10. The number of urea groups is 6. The number of anilines is 4. The van der Waals surface area contributed by atoms with Crippen LogP contribution in [0.5, 0.6) is 0 Å². The first kappa shape index (κ1) is 113. The summed E-state index contributed by atoms with van der Waals surface area (Å²) in [7, 11) is -9.15. The maximum absolute atomic E-state index is 14.0. The Balaban J connectivity index is 0.000000200. The van der Waals surface area contributed by atoms with E-state index in [2.05, 4.69) is 22.0 Å². The van der Waals surface area contributed by atoms with Crippen LogP contribution >= 0.6 is 0 Å². The zero-order valence-corrected chi connectivity index (χ0v) is 79.5. The average molecular weight is 2100 g/mol. The van der Waals surface area contributed by atoms with Gasteiger partial charge in [0.1, 0.15) is 12.1 Å². The van der Waals surface area contributed by atoms with E-state index in [1.54, 1.807) is 32.0 Å². The molecule has 1 unspecified atom stereocenters. The molecule has 0 aromatic heterocycles. The number of nitrogens with one attached hydrogen (secondary N) is 3. The van der Waals surface area contributed by atoms with Gasteiger partial charge >= 0.3 is 60.9 Å². The Morgan fingerprint density at radius 3 is 1.03 bits per heavy atom. The Hall–Kier alpha value is -15.6. The maximum Gasteiger partial charge on any atom is 0.416 e. The molecule has 4 atom stereocenters. The first-order valence-corrected chi connectivity index (χ1v) is 49.6. The van der Waals surface area contributed by atoms with Gasteiger partial charge in [0.25, 0.3) is 0 Å². The molecule has 0 radical (unpaired) electrons. The van der Waals surface area contributed by atoms with Crippen molar-refractivity contribution in [2.45, 2.75) is 184 Å². The van der Waals surface area contributed by atoms with Crippen molar-refractivity contribution in [1.29, 1.82) is 21.0 Å². The third kappa shape index (κ3) is 22.9. The van der Waals surface area contributed by atoms with Crippen LogP contribution in [0.25, 0.3) is 0 Å². The number of benzene rings is 8. The van der Waals surface area contributed by atoms with Gasteiger partial charge in [-0.05, 0) is 214 Å². The molecule has 147 heavy (non-hydrogen) atoms. The van der Waals surface area contributed by atoms with Gasteiger partial charge < -0.3 is 20.9 Å². The molecule has 8 aliphatic rings. The quantitative estimate of drug-likeness (QED) is 0.0902. The Kier molecular flexibility index (Phi) is 34.0. The summed E-state index contributed by atoms with van der Waals surface area (Å²) in [6.07, 6.45) is -14.0. The van der Waals surface area contributed by atoms with E-state index in [1.807, 2.05) is 18.2 Å². The summed E-state index contributed by atoms with van der Waals surface area (Å²) in [6.45, 7) is 4.88. The number of allylic oxidation sites excluding steroid dienone is 4. The van der Waals surface area contributed by atoms with Crippen LogP contribution in [0.1, 0.15) is 210 Å². The van der Waals surface area contributed by atoms with Crippen LogP contribution in [0, 0.1) is 52.2 Å². The number of aryl methyl sites for hydroxylation is 1. The fourth-order valence-corrected chi connectivity index (χ4v) is 21.4. The number of nitrogens with zero attached hydrogens (tertiary/aromatic N) is 11. The first-order chi connectivity index (χ1) is 67.7. The molecule has 772 valence electrons. The fraction of sp³-hybridized carbons (Fsp3) is 0.314. The van der Waals surface area contributed by atoms with E-state index in [0.717, 1.165) is 106 Å². The normalized spacial score (nSPS) is 18.2. The van der Waals surface area contributed by atoms with Crippen molar-refractivity contribution in [3.8, 4) is 24.3 Å². The molecule has 0 bridgehead atoms. The van der Waals surface area contributed by atoms with E-state index >= 15 is 0 Å². The second kappa shape index (κ2) is 44.1. The average Bonchev–Trinajstić information content (AvgIpc) is 0.723. The van der Waals surface area contributed by atoms with Crippen molar-refractivity contribution in [3.05, 3.63) is 287 Å². The Morgan fingerprint density at radius 1 is 0.395 bits per heavy atom. The van der Waals surface area contributed by atoms with Crippen LogP contribution < -0.4 is 35.6 Å². The molecule has 3 N–H and O–H groups in total. The molecule has 8 aromatic carbocycles. The summed E-state index contributed by atoms with van der Waals surface area (Å²) < 4.78 is 237. The number of alkyl halides is 12. The van der Waals surface area contributed by atoms with Crippen LogP contribution in [-0.4, -0.2) is 138 Å². The van der Waals surface area contributed by atoms with Gasteiger partial charge in [0.05, 0.1) is 124 Å². The number of imide groups is 2. The summed E-state index contributed by atoms with van der Waals surface area (Å²) in [4.78, 5) is 140. The van der Waals surface area contributed by atoms with Gasteiger partial charge in [-0.2, -0.15) is 73.7 Å². The molecule has 4 heterocycles. The van der Waals surface area contributed by atoms with Gasteiger partial charge in [0, 0.05) is 104 Å². The predicted octanol–water partition coefficient (Wildman–Crippen LogP) is 21.1. The molecule has 0 spiro atoms. The minimum atomic E-state index is -4.72. The van der Waals surface area contributed by atoms with Crippen molar-refractivity contribution in [1.82, 2.24) is 30.7 Å². The Bertz CT molecular complexity index is 7440. The van der Waals surface area contributed by atoms with E-state index in [4.69, 9.17) is 5.26 Å². The Labute approximate surface area is 838 Å². The number of rotatable bonds is 13. The highest BCUT2D eigenvalue weighted by Crippen LogP contribution is 2.52. The zero-order valence-electron chi connectivity index (χ0n) is 77.1. The highest BCUT2D eigenvalue weighted by molar-refractivity contribution is 7.91. The summed E-state index contributed by atoms with van der Waals surface area (Å²) >= 11 is 0. The number of carbonyl (C=O) groups is 10. The molecule has 0 saturated carbocycles. The molecule has 45 heteroatoms. The van der Waals surface area contributed by atoms with Gasteiger partial charge in [0.15, 0.2) is 52.6 Å². The number of ketones is 4. The number of sulfone groups is 3. The van der Waals surface area contributed by atoms with Gasteiger partial charge in [-0.15, -0.1) is 0 Å². The molecule has 30 nitrogen and oxygen atoms in total. The van der Waals surface area contributed by atoms with E-state index in [-0.39, 0.29) is 189 Å². The van der Waals surface area contributed by atoms with Crippen molar-refractivity contribution in [3.63, 3.8) is 0 Å². The van der Waals surface area contributed by atoms with Crippen LogP contribution in [0.4, 0.5) is 104 Å². The van der Waals surface area contributed by atoms with Crippen molar-refractivity contribution in [2.75, 3.05) is 58.5 Å². The van der Waals surface area contributed by atoms with Gasteiger partial charge in [-0.3, -0.25) is 38.8 Å². The number of Topliss-reactive ketones (excluding diaryl/α,β-unsaturated/α-hetero) is 4. The molecule has 4 aliphatic heterocycles. The largest absolute Gasteiger partial charge is 0.416 e. The lowest BCUT2D eigenvalue weighted by Gasteiger charge is -2.44. The first-order valence-electron chi connectivity index (χ1n) is 44.1. The molecule has 16 rings (SSSR count). The lowest BCUT2D eigenvalue weighted by atomic mass is 9.82. The van der Waals surface area contributed by atoms with Crippen molar-refractivity contribution >= 4 is 112 Å². The summed E-state index contributed by atoms with van der Waals surface area (Å²) in [5.41, 5.74) is -1.02. The smallest absolute Gasteiger partial charge is 0.341 e. The highest BCUT2D eigenvalue weighted by atomic mass is 32.2. The van der Waals surface area contributed by atoms with E-state index in [9.17, 15) is 142 Å². The topological polar surface area (TPSA) is 427 Å². The van der Waals surface area contributed by atoms with Crippen molar-refractivity contribution < 1.29 is 126 Å². The van der Waals surface area contributed by atoms with E-state index in [0.29, 0.717) is 70.7 Å². The van der Waals surface area contributed by atoms with E-state index < -0.39 is 148 Å². The van der Waals surface area contributed by atoms with Crippen LogP contribution in [0.15, 0.2) is 230 Å². The fourth-order valence-electron chi connectivity index (χ4n) is 18.4. The SMILES string of the molecule is C.C.C.CCNC(=O)N1C(=O)N(c2cccc(C(F)(F)F)c2)C2=C(C(=O)CCC2)C1c1ccc(C#N)cc1S(C)(=O)=O.CCS(=O)(=O)c1cc(C#N)ccc1[C@H]1NC(=O)N(c2cccc(C(F)(F)F)c2)C2=C1C(=O)CCC2.CNC(=O)N1C(=O)N(c2cccc(C(F)(F)F)c2)C2=C(C(=O)CCC2)[C@H]1c1ccc(C#N)cc1S(C)(=O)=O.Cc1cc(C#N)ccc1[C@@H]1C2=C(CCCC2=O)N(c2cccc(C(F)(F)F)c2)C(=O)N1C. The number of nitriles is 4. The third-order valence-electron chi connectivity index (χ3n) is 24.8. The van der Waals surface area contributed by atoms with Crippen LogP contribution in [-0.2, 0) is 73.4 Å². The standard InChI is InChI=1S/C26H23F3N4O5S.C25H21F3N4O5S.C24H20F3N3O4S.C24H20F3N3O2.3CH4/c1-3-31-24(35)33-23(18-11-10-15(14-30)12-21(18)39(2,37)38)22-19(8-5-9-20(22)34)32(25(33)36)17-7-4-6-16(13-17)26(27,28)29;1-30-23(34)32-22(17-10-9-14(13-29)11-20(17)38(2,36)37)21-18(7-4-8-19(21)33)31(24(32)35)16-6-3-5-15(12-16)25(26,27)28;1-2-35(33,34)20-11-14(13-28)9-10-17(20)22-21-18(7-4-8-19(21)31)30(23(32)29-22)16-6-3-5-15(12-16)24(25,26)27;1-14-11-15(13-28)9-10-18(14)22-21-19(7-4-8-20(21)31)30(23(32)29(22)2)17-6-3-5-16(12-17)24(25,26)27;;;/h4,6-7,10-13,23H,3,5,8-9H2,1-2H3,(H,31,35);3,5-6,9-12,22H,4,7-8H2,1-2H3,(H,30,34);3,5-6,9-12,22H,2,4,7-8H2,1H3,(H,29,32);3,5-6,9-12,22H,4,7-8H2,1-2H3;3*1H4/t;3*22-;;;/m.111.../s1. The molecule has 0 fully saturated rings. The van der Waals surface area contributed by atoms with Gasteiger partial charge in [-0.25, -0.2) is 63.8 Å². The van der Waals surface area contributed by atoms with Gasteiger partial charge in [-0.1, -0.05) is 77.7 Å². The van der Waals surface area contributed by atoms with Crippen LogP contribution in [0.3, 0.4) is 0 Å². The summed E-state index contributed by atoms with van der Waals surface area (Å²) in [6, 6.07) is 30.5. The molecule has 4 aliphatic carbocycles. The second-order valence-electron chi connectivity index (χ2n) is 34.0.